The molecule has 0 spiro atoms. The van der Waals surface area contributed by atoms with Crippen LogP contribution in [-0.2, 0) is 0 Å². The lowest BCUT2D eigenvalue weighted by atomic mass is 9.95. The third-order valence-electron chi connectivity index (χ3n) is 3.63. The van der Waals surface area contributed by atoms with Gasteiger partial charge in [0.15, 0.2) is 0 Å². The molecular formula is C13H24F3N. The monoisotopic (exact) mass is 251 g/mol. The molecule has 0 saturated heterocycles. The zero-order valence-corrected chi connectivity index (χ0v) is 10.7. The molecular weight excluding hydrogens is 227 g/mol. The molecule has 0 aromatic rings. The molecule has 0 amide bonds. The molecule has 102 valence electrons. The predicted molar refractivity (Wildman–Crippen MR) is 63.9 cm³/mol. The fraction of sp³-hybridized carbons (Fsp3) is 1.00. The van der Waals surface area contributed by atoms with Crippen molar-refractivity contribution >= 4 is 0 Å². The van der Waals surface area contributed by atoms with Gasteiger partial charge < -0.3 is 5.32 Å². The minimum atomic E-state index is -4.03. The van der Waals surface area contributed by atoms with Crippen LogP contribution in [-0.4, -0.2) is 18.8 Å². The van der Waals surface area contributed by atoms with Crippen molar-refractivity contribution < 1.29 is 13.2 Å². The maximum Gasteiger partial charge on any atom is 0.390 e. The first kappa shape index (κ1) is 14.8. The van der Waals surface area contributed by atoms with Crippen molar-refractivity contribution in [3.63, 3.8) is 0 Å². The Hall–Kier alpha value is -0.250. The van der Waals surface area contributed by atoms with Crippen LogP contribution in [0.25, 0.3) is 0 Å². The van der Waals surface area contributed by atoms with Gasteiger partial charge in [0.25, 0.3) is 0 Å². The summed E-state index contributed by atoms with van der Waals surface area (Å²) < 4.78 is 36.0. The quantitative estimate of drug-likeness (QED) is 0.719. The number of halogens is 3. The molecule has 1 fully saturated rings. The first-order valence-corrected chi connectivity index (χ1v) is 6.81. The summed E-state index contributed by atoms with van der Waals surface area (Å²) in [5.41, 5.74) is 0. The first-order valence-electron chi connectivity index (χ1n) is 6.81. The molecule has 1 aliphatic carbocycles. The smallest absolute Gasteiger partial charge is 0.314 e. The van der Waals surface area contributed by atoms with Crippen LogP contribution in [0.4, 0.5) is 13.2 Å². The Morgan fingerprint density at radius 2 is 1.88 bits per heavy atom. The van der Waals surface area contributed by atoms with Crippen LogP contribution < -0.4 is 5.32 Å². The maximum absolute atomic E-state index is 12.0. The highest BCUT2D eigenvalue weighted by Crippen LogP contribution is 2.27. The molecule has 4 heteroatoms. The molecule has 1 nitrogen and oxygen atoms in total. The van der Waals surface area contributed by atoms with E-state index in [-0.39, 0.29) is 6.54 Å². The average molecular weight is 251 g/mol. The summed E-state index contributed by atoms with van der Waals surface area (Å²) >= 11 is 0. The molecule has 0 aromatic heterocycles. The summed E-state index contributed by atoms with van der Waals surface area (Å²) in [6, 6.07) is 0.305. The van der Waals surface area contributed by atoms with E-state index in [1.165, 1.54) is 25.7 Å². The summed E-state index contributed by atoms with van der Waals surface area (Å²) in [4.78, 5) is 0. The van der Waals surface area contributed by atoms with Gasteiger partial charge >= 0.3 is 6.18 Å². The molecule has 0 radical (unpaired) electrons. The summed E-state index contributed by atoms with van der Waals surface area (Å²) in [6.45, 7) is 2.27. The van der Waals surface area contributed by atoms with Crippen LogP contribution in [0.15, 0.2) is 0 Å². The Balaban J connectivity index is 2.18. The van der Waals surface area contributed by atoms with Crippen molar-refractivity contribution in [3.05, 3.63) is 0 Å². The minimum Gasteiger partial charge on any atom is -0.314 e. The van der Waals surface area contributed by atoms with Gasteiger partial charge in [-0.25, -0.2) is 0 Å². The van der Waals surface area contributed by atoms with Gasteiger partial charge in [-0.05, 0) is 25.2 Å². The predicted octanol–water partition coefficient (Wildman–Crippen LogP) is 4.28. The van der Waals surface area contributed by atoms with E-state index in [2.05, 4.69) is 12.2 Å². The molecule has 1 saturated carbocycles. The molecule has 1 N–H and O–H groups in total. The Morgan fingerprint density at radius 1 is 1.12 bits per heavy atom. The molecule has 0 bridgehead atoms. The van der Waals surface area contributed by atoms with Gasteiger partial charge in [-0.3, -0.25) is 0 Å². The normalized spacial score (nSPS) is 26.8. The van der Waals surface area contributed by atoms with Crippen molar-refractivity contribution in [2.45, 2.75) is 70.5 Å². The zero-order chi connectivity index (χ0) is 12.7. The third-order valence-corrected chi connectivity index (χ3v) is 3.63. The lowest BCUT2D eigenvalue weighted by molar-refractivity contribution is -0.133. The van der Waals surface area contributed by atoms with Crippen molar-refractivity contribution in [1.82, 2.24) is 5.32 Å². The van der Waals surface area contributed by atoms with Crippen LogP contribution in [0.5, 0.6) is 0 Å². The number of rotatable bonds is 5. The average Bonchev–Trinajstić information content (AvgIpc) is 2.43. The van der Waals surface area contributed by atoms with Gasteiger partial charge in [0.1, 0.15) is 0 Å². The lowest BCUT2D eigenvalue weighted by Crippen LogP contribution is -2.31. The van der Waals surface area contributed by atoms with E-state index in [0.29, 0.717) is 6.04 Å². The van der Waals surface area contributed by atoms with E-state index >= 15 is 0 Å². The van der Waals surface area contributed by atoms with Crippen LogP contribution in [0.1, 0.15) is 58.3 Å². The molecule has 2 atom stereocenters. The largest absolute Gasteiger partial charge is 0.390 e. The highest BCUT2D eigenvalue weighted by molar-refractivity contribution is 4.75. The van der Waals surface area contributed by atoms with Crippen molar-refractivity contribution in [2.24, 2.45) is 5.92 Å². The number of alkyl halides is 3. The minimum absolute atomic E-state index is 0.0760. The molecule has 1 rings (SSSR count). The van der Waals surface area contributed by atoms with Gasteiger partial charge in [0.05, 0.1) is 6.42 Å². The highest BCUT2D eigenvalue weighted by atomic mass is 19.4. The van der Waals surface area contributed by atoms with E-state index in [4.69, 9.17) is 0 Å². The SMILES string of the molecule is CCCC1CCCC(NCCC(F)(F)F)CC1. The van der Waals surface area contributed by atoms with Crippen molar-refractivity contribution in [3.8, 4) is 0 Å². The standard InChI is InChI=1S/C13H24F3N/c1-2-4-11-5-3-6-12(8-7-11)17-10-9-13(14,15)16/h11-12,17H,2-10H2,1H3. The van der Waals surface area contributed by atoms with Gasteiger partial charge in [-0.2, -0.15) is 13.2 Å². The van der Waals surface area contributed by atoms with E-state index in [9.17, 15) is 13.2 Å². The zero-order valence-electron chi connectivity index (χ0n) is 10.7. The van der Waals surface area contributed by atoms with E-state index in [1.54, 1.807) is 0 Å². The van der Waals surface area contributed by atoms with Gasteiger partial charge in [-0.1, -0.05) is 32.6 Å². The molecule has 2 unspecified atom stereocenters. The topological polar surface area (TPSA) is 12.0 Å². The summed E-state index contributed by atoms with van der Waals surface area (Å²) in [7, 11) is 0. The van der Waals surface area contributed by atoms with Crippen molar-refractivity contribution in [2.75, 3.05) is 6.54 Å². The highest BCUT2D eigenvalue weighted by Gasteiger charge is 2.27. The summed E-state index contributed by atoms with van der Waals surface area (Å²) in [6.07, 6.45) is 3.44. The summed E-state index contributed by atoms with van der Waals surface area (Å²) in [5.74, 6) is 0.800. The molecule has 17 heavy (non-hydrogen) atoms. The Bertz CT molecular complexity index is 203. The Kier molecular flexibility index (Phi) is 6.31. The fourth-order valence-corrected chi connectivity index (χ4v) is 2.70. The summed E-state index contributed by atoms with van der Waals surface area (Å²) in [5, 5.41) is 3.06. The second-order valence-electron chi connectivity index (χ2n) is 5.18. The van der Waals surface area contributed by atoms with Gasteiger partial charge in [0.2, 0.25) is 0 Å². The van der Waals surface area contributed by atoms with Crippen LogP contribution in [0.2, 0.25) is 0 Å². The number of hydrogen-bond acceptors (Lipinski definition) is 1. The van der Waals surface area contributed by atoms with Crippen molar-refractivity contribution in [1.29, 1.82) is 0 Å². The lowest BCUT2D eigenvalue weighted by Gasteiger charge is -2.17. The fourth-order valence-electron chi connectivity index (χ4n) is 2.70. The third kappa shape index (κ3) is 6.92. The van der Waals surface area contributed by atoms with E-state index in [0.717, 1.165) is 25.2 Å². The number of nitrogens with one attached hydrogen (secondary N) is 1. The Labute approximate surface area is 102 Å². The van der Waals surface area contributed by atoms with E-state index in [1.807, 2.05) is 0 Å². The Morgan fingerprint density at radius 3 is 2.53 bits per heavy atom. The first-order chi connectivity index (χ1) is 8.01. The van der Waals surface area contributed by atoms with E-state index < -0.39 is 12.6 Å². The van der Waals surface area contributed by atoms with Gasteiger partial charge in [0, 0.05) is 12.6 Å². The molecule has 1 aliphatic rings. The second kappa shape index (κ2) is 7.24. The van der Waals surface area contributed by atoms with Crippen LogP contribution >= 0.6 is 0 Å². The molecule has 0 heterocycles. The maximum atomic E-state index is 12.0. The second-order valence-corrected chi connectivity index (χ2v) is 5.18. The van der Waals surface area contributed by atoms with Crippen LogP contribution in [0.3, 0.4) is 0 Å². The number of hydrogen-bond donors (Lipinski definition) is 1. The van der Waals surface area contributed by atoms with Crippen LogP contribution in [0, 0.1) is 5.92 Å². The van der Waals surface area contributed by atoms with Gasteiger partial charge in [-0.15, -0.1) is 0 Å². The molecule has 0 aromatic carbocycles. The molecule has 0 aliphatic heterocycles.